The highest BCUT2D eigenvalue weighted by Gasteiger charge is 2.23. The lowest BCUT2D eigenvalue weighted by atomic mass is 10.1. The Morgan fingerprint density at radius 1 is 1.12 bits per heavy atom. The number of rotatable bonds is 7. The molecule has 1 fully saturated rings. The van der Waals surface area contributed by atoms with E-state index in [-0.39, 0.29) is 5.82 Å². The van der Waals surface area contributed by atoms with Crippen molar-refractivity contribution in [1.82, 2.24) is 20.0 Å². The van der Waals surface area contributed by atoms with Crippen molar-refractivity contribution < 1.29 is 8.91 Å². The summed E-state index contributed by atoms with van der Waals surface area (Å²) < 4.78 is 18.7. The summed E-state index contributed by atoms with van der Waals surface area (Å²) in [4.78, 5) is 13.6. The second kappa shape index (κ2) is 9.77. The highest BCUT2D eigenvalue weighted by Crippen LogP contribution is 2.31. The van der Waals surface area contributed by atoms with Crippen LogP contribution in [0.2, 0.25) is 0 Å². The van der Waals surface area contributed by atoms with E-state index in [0.717, 1.165) is 50.1 Å². The van der Waals surface area contributed by atoms with Crippen molar-refractivity contribution in [2.75, 3.05) is 42.9 Å². The number of aryl methyl sites for hydroxylation is 1. The molecule has 0 amide bonds. The summed E-state index contributed by atoms with van der Waals surface area (Å²) >= 11 is 0. The average Bonchev–Trinajstić information content (AvgIpc) is 3.27. The van der Waals surface area contributed by atoms with Gasteiger partial charge in [0.25, 0.3) is 5.71 Å². The Kier molecular flexibility index (Phi) is 6.40. The van der Waals surface area contributed by atoms with Gasteiger partial charge in [0.15, 0.2) is 0 Å². The molecule has 2 aromatic carbocycles. The minimum absolute atomic E-state index is 0.291. The van der Waals surface area contributed by atoms with Gasteiger partial charge in [0.1, 0.15) is 29.0 Å². The molecule has 1 aliphatic heterocycles. The molecule has 0 aliphatic carbocycles. The molecule has 0 bridgehead atoms. The summed E-state index contributed by atoms with van der Waals surface area (Å²) in [6.07, 6.45) is 2.45. The molecule has 1 unspecified atom stereocenters. The zero-order valence-electron chi connectivity index (χ0n) is 19.5. The predicted molar refractivity (Wildman–Crippen MR) is 133 cm³/mol. The van der Waals surface area contributed by atoms with Crippen molar-refractivity contribution in [3.05, 3.63) is 66.2 Å². The molecule has 1 N–H and O–H groups in total. The summed E-state index contributed by atoms with van der Waals surface area (Å²) in [5, 5.41) is 8.29. The molecule has 8 heteroatoms. The molecule has 2 aromatic heterocycles. The minimum atomic E-state index is -0.291. The third kappa shape index (κ3) is 4.72. The van der Waals surface area contributed by atoms with Crippen LogP contribution in [0, 0.1) is 12.7 Å². The van der Waals surface area contributed by atoms with Gasteiger partial charge in [-0.1, -0.05) is 17.3 Å². The van der Waals surface area contributed by atoms with Crippen LogP contribution < -0.4 is 10.2 Å². The first-order valence-corrected chi connectivity index (χ1v) is 11.7. The van der Waals surface area contributed by atoms with Crippen molar-refractivity contribution in [2.24, 2.45) is 0 Å². The fourth-order valence-electron chi connectivity index (χ4n) is 4.66. The predicted octanol–water partition coefficient (Wildman–Crippen LogP) is 4.75. The molecule has 5 rings (SSSR count). The Balaban J connectivity index is 1.18. The van der Waals surface area contributed by atoms with Gasteiger partial charge in [-0.25, -0.2) is 9.37 Å². The maximum absolute atomic E-state index is 13.3. The molecule has 3 heterocycles. The SMILES string of the molecule is Cc1cccc(N2CCN(CCCNc3ncnc4onc(-c5ccc(F)cc5)c34)CC2C)c1. The smallest absolute Gasteiger partial charge is 0.263 e. The molecule has 34 heavy (non-hydrogen) atoms. The normalized spacial score (nSPS) is 16.8. The molecule has 1 atom stereocenters. The lowest BCUT2D eigenvalue weighted by Gasteiger charge is -2.41. The van der Waals surface area contributed by atoms with Gasteiger partial charge in [-0.05, 0) is 68.8 Å². The number of aromatic nitrogens is 3. The van der Waals surface area contributed by atoms with Crippen LogP contribution in [-0.4, -0.2) is 58.8 Å². The van der Waals surface area contributed by atoms with E-state index < -0.39 is 0 Å². The second-order valence-corrected chi connectivity index (χ2v) is 8.90. The Bertz CT molecular complexity index is 1260. The van der Waals surface area contributed by atoms with Gasteiger partial charge in [-0.3, -0.25) is 4.90 Å². The Morgan fingerprint density at radius 3 is 2.76 bits per heavy atom. The molecule has 0 spiro atoms. The van der Waals surface area contributed by atoms with Gasteiger partial charge in [0.2, 0.25) is 0 Å². The van der Waals surface area contributed by atoms with E-state index in [1.165, 1.54) is 29.7 Å². The molecule has 1 saturated heterocycles. The number of nitrogens with zero attached hydrogens (tertiary/aromatic N) is 5. The molecule has 0 saturated carbocycles. The van der Waals surface area contributed by atoms with E-state index >= 15 is 0 Å². The van der Waals surface area contributed by atoms with Crippen LogP contribution >= 0.6 is 0 Å². The number of nitrogens with one attached hydrogen (secondary N) is 1. The van der Waals surface area contributed by atoms with Crippen molar-refractivity contribution in [3.63, 3.8) is 0 Å². The average molecular weight is 461 g/mol. The number of piperazine rings is 1. The van der Waals surface area contributed by atoms with Gasteiger partial charge < -0.3 is 14.7 Å². The molecular formula is C26H29FN6O. The largest absolute Gasteiger partial charge is 0.369 e. The van der Waals surface area contributed by atoms with Crippen LogP contribution in [-0.2, 0) is 0 Å². The monoisotopic (exact) mass is 460 g/mol. The third-order valence-electron chi connectivity index (χ3n) is 6.38. The van der Waals surface area contributed by atoms with Gasteiger partial charge in [-0.2, -0.15) is 4.98 Å². The molecule has 1 aliphatic rings. The van der Waals surface area contributed by atoms with Gasteiger partial charge in [0, 0.05) is 43.5 Å². The number of halogens is 1. The van der Waals surface area contributed by atoms with Crippen LogP contribution in [0.3, 0.4) is 0 Å². The summed E-state index contributed by atoms with van der Waals surface area (Å²) in [6, 6.07) is 15.4. The first kappa shape index (κ1) is 22.3. The van der Waals surface area contributed by atoms with E-state index in [0.29, 0.717) is 23.3 Å². The standard InChI is InChI=1S/C26H29FN6O/c1-18-5-3-6-22(15-18)33-14-13-32(16-19(33)2)12-4-11-28-25-23-24(20-7-9-21(27)10-8-20)31-34-26(23)30-17-29-25/h3,5-10,15,17,19H,4,11-14,16H2,1-2H3,(H,28,29,30). The van der Waals surface area contributed by atoms with E-state index in [2.05, 4.69) is 68.4 Å². The molecule has 0 radical (unpaired) electrons. The molecule has 7 nitrogen and oxygen atoms in total. The topological polar surface area (TPSA) is 70.3 Å². The summed E-state index contributed by atoms with van der Waals surface area (Å²) in [7, 11) is 0. The quantitative estimate of drug-likeness (QED) is 0.399. The minimum Gasteiger partial charge on any atom is -0.369 e. The number of fused-ring (bicyclic) bond motifs is 1. The number of hydrogen-bond donors (Lipinski definition) is 1. The third-order valence-corrected chi connectivity index (χ3v) is 6.38. The summed E-state index contributed by atoms with van der Waals surface area (Å²) in [5.74, 6) is 0.392. The first-order chi connectivity index (χ1) is 16.6. The molecular weight excluding hydrogens is 431 g/mol. The van der Waals surface area contributed by atoms with Crippen LogP contribution in [0.15, 0.2) is 59.4 Å². The maximum atomic E-state index is 13.3. The summed E-state index contributed by atoms with van der Waals surface area (Å²) in [6.45, 7) is 9.36. The van der Waals surface area contributed by atoms with E-state index in [1.807, 2.05) is 0 Å². The van der Waals surface area contributed by atoms with Gasteiger partial charge >= 0.3 is 0 Å². The fourth-order valence-corrected chi connectivity index (χ4v) is 4.66. The van der Waals surface area contributed by atoms with Crippen LogP contribution in [0.25, 0.3) is 22.4 Å². The highest BCUT2D eigenvalue weighted by molar-refractivity contribution is 5.97. The van der Waals surface area contributed by atoms with Crippen molar-refractivity contribution in [2.45, 2.75) is 26.3 Å². The highest BCUT2D eigenvalue weighted by atomic mass is 19.1. The zero-order valence-corrected chi connectivity index (χ0v) is 19.5. The van der Waals surface area contributed by atoms with E-state index in [9.17, 15) is 4.39 Å². The Labute approximate surface area is 198 Å². The Hall–Kier alpha value is -3.52. The van der Waals surface area contributed by atoms with E-state index in [4.69, 9.17) is 4.52 Å². The van der Waals surface area contributed by atoms with Crippen molar-refractivity contribution in [3.8, 4) is 11.3 Å². The number of anilines is 2. The molecule has 4 aromatic rings. The molecule has 176 valence electrons. The van der Waals surface area contributed by atoms with Crippen molar-refractivity contribution in [1.29, 1.82) is 0 Å². The zero-order chi connectivity index (χ0) is 23.5. The second-order valence-electron chi connectivity index (χ2n) is 8.90. The van der Waals surface area contributed by atoms with Crippen LogP contribution in [0.5, 0.6) is 0 Å². The van der Waals surface area contributed by atoms with Gasteiger partial charge in [-0.15, -0.1) is 0 Å². The first-order valence-electron chi connectivity index (χ1n) is 11.7. The Morgan fingerprint density at radius 2 is 1.97 bits per heavy atom. The summed E-state index contributed by atoms with van der Waals surface area (Å²) in [5.41, 5.74) is 4.40. The van der Waals surface area contributed by atoms with Crippen LogP contribution in [0.4, 0.5) is 15.9 Å². The lowest BCUT2D eigenvalue weighted by molar-refractivity contribution is 0.228. The lowest BCUT2D eigenvalue weighted by Crippen LogP contribution is -2.52. The maximum Gasteiger partial charge on any atom is 0.263 e. The van der Waals surface area contributed by atoms with Crippen LogP contribution in [0.1, 0.15) is 18.9 Å². The fraction of sp³-hybridized carbons (Fsp3) is 0.346. The van der Waals surface area contributed by atoms with Crippen molar-refractivity contribution >= 4 is 22.6 Å². The van der Waals surface area contributed by atoms with Gasteiger partial charge in [0.05, 0.1) is 0 Å². The number of benzene rings is 2. The number of hydrogen-bond acceptors (Lipinski definition) is 7. The van der Waals surface area contributed by atoms with E-state index in [1.54, 1.807) is 12.1 Å².